The van der Waals surface area contributed by atoms with Gasteiger partial charge in [0.15, 0.2) is 0 Å². The minimum absolute atomic E-state index is 1.04. The fourth-order valence-electron chi connectivity index (χ4n) is 0.807. The molecule has 2 heteroatoms. The van der Waals surface area contributed by atoms with E-state index in [1.807, 2.05) is 11.8 Å². The highest BCUT2D eigenvalue weighted by Gasteiger charge is 2.04. The summed E-state index contributed by atoms with van der Waals surface area (Å²) in [5.41, 5.74) is 0. The third kappa shape index (κ3) is 2.39. The third-order valence-corrected chi connectivity index (χ3v) is 2.34. The molecule has 51 valence electrons. The Hall–Kier alpha value is 0.0200. The Kier molecular flexibility index (Phi) is 3.12. The Bertz CT molecular complexity index is 109. The zero-order valence-corrected chi connectivity index (χ0v) is 6.41. The molecule has 1 aliphatic rings. The van der Waals surface area contributed by atoms with Crippen LogP contribution in [0.25, 0.3) is 0 Å². The van der Waals surface area contributed by atoms with E-state index in [2.05, 4.69) is 11.9 Å². The number of hydrogen-bond acceptors (Lipinski definition) is 2. The molecule has 0 aromatic rings. The van der Waals surface area contributed by atoms with Gasteiger partial charge in [0.2, 0.25) is 0 Å². The van der Waals surface area contributed by atoms with Crippen molar-refractivity contribution in [1.29, 1.82) is 0 Å². The van der Waals surface area contributed by atoms with Crippen LogP contribution < -0.4 is 0 Å². The Morgan fingerprint density at radius 2 is 2.56 bits per heavy atom. The quantitative estimate of drug-likeness (QED) is 0.588. The van der Waals surface area contributed by atoms with Crippen LogP contribution >= 0.6 is 11.8 Å². The van der Waals surface area contributed by atoms with Crippen LogP contribution in [-0.4, -0.2) is 17.3 Å². The lowest BCUT2D eigenvalue weighted by Gasteiger charge is -1.94. The smallest absolute Gasteiger partial charge is 0.0676 e. The average Bonchev–Trinajstić information content (AvgIpc) is 2.34. The van der Waals surface area contributed by atoms with Crippen molar-refractivity contribution in [3.05, 3.63) is 6.92 Å². The van der Waals surface area contributed by atoms with E-state index in [0.717, 1.165) is 19.4 Å². The van der Waals surface area contributed by atoms with Gasteiger partial charge in [0.25, 0.3) is 0 Å². The highest BCUT2D eigenvalue weighted by molar-refractivity contribution is 8.14. The second kappa shape index (κ2) is 3.94. The van der Waals surface area contributed by atoms with Crippen molar-refractivity contribution in [1.82, 2.24) is 0 Å². The molecule has 0 atom stereocenters. The fraction of sp³-hybridized carbons (Fsp3) is 0.714. The summed E-state index contributed by atoms with van der Waals surface area (Å²) in [4.78, 5) is 4.33. The van der Waals surface area contributed by atoms with Crippen LogP contribution in [0.5, 0.6) is 0 Å². The van der Waals surface area contributed by atoms with Crippen LogP contribution in [0, 0.1) is 6.92 Å². The maximum Gasteiger partial charge on any atom is 0.0676 e. The first kappa shape index (κ1) is 7.13. The van der Waals surface area contributed by atoms with Crippen LogP contribution in [-0.2, 0) is 0 Å². The highest BCUT2D eigenvalue weighted by atomic mass is 32.2. The Balaban J connectivity index is 2.11. The first-order chi connectivity index (χ1) is 4.43. The lowest BCUT2D eigenvalue weighted by atomic mass is 10.3. The van der Waals surface area contributed by atoms with Crippen LogP contribution in [0.1, 0.15) is 19.3 Å². The molecule has 1 nitrogen and oxygen atoms in total. The number of thioether (sulfide) groups is 1. The van der Waals surface area contributed by atoms with Gasteiger partial charge in [-0.2, -0.15) is 0 Å². The molecule has 1 heterocycles. The first-order valence-electron chi connectivity index (χ1n) is 3.39. The summed E-state index contributed by atoms with van der Waals surface area (Å²) >= 11 is 1.90. The summed E-state index contributed by atoms with van der Waals surface area (Å²) in [5, 5.41) is 1.35. The maximum absolute atomic E-state index is 4.33. The number of unbranched alkanes of at least 4 members (excludes halogenated alkanes) is 1. The van der Waals surface area contributed by atoms with Crippen LogP contribution in [0.4, 0.5) is 0 Å². The molecule has 0 aliphatic carbocycles. The molecule has 0 saturated carbocycles. The summed E-state index contributed by atoms with van der Waals surface area (Å²) in [6.07, 6.45) is 3.40. The second-order valence-electron chi connectivity index (χ2n) is 2.08. The molecule has 1 rings (SSSR count). The summed E-state index contributed by atoms with van der Waals surface area (Å²) in [7, 11) is 0. The SMILES string of the molecule is [CH2]CCCC1=NCCS1. The number of aliphatic imine (C=N–C) groups is 1. The number of hydrogen-bond donors (Lipinski definition) is 0. The highest BCUT2D eigenvalue weighted by Crippen LogP contribution is 2.15. The van der Waals surface area contributed by atoms with Gasteiger partial charge < -0.3 is 0 Å². The summed E-state index contributed by atoms with van der Waals surface area (Å²) < 4.78 is 0. The Labute approximate surface area is 60.9 Å². The minimum atomic E-state index is 1.04. The van der Waals surface area contributed by atoms with E-state index in [4.69, 9.17) is 0 Å². The molecule has 0 aromatic carbocycles. The van der Waals surface area contributed by atoms with E-state index in [9.17, 15) is 0 Å². The predicted molar refractivity (Wildman–Crippen MR) is 44.0 cm³/mol. The zero-order chi connectivity index (χ0) is 6.53. The first-order valence-corrected chi connectivity index (χ1v) is 4.37. The summed E-state index contributed by atoms with van der Waals surface area (Å²) in [6, 6.07) is 0. The van der Waals surface area contributed by atoms with Crippen LogP contribution in [0.3, 0.4) is 0 Å². The van der Waals surface area contributed by atoms with Gasteiger partial charge in [-0.1, -0.05) is 13.3 Å². The predicted octanol–water partition coefficient (Wildman–Crippen LogP) is 2.14. The van der Waals surface area contributed by atoms with E-state index >= 15 is 0 Å². The Morgan fingerprint density at radius 1 is 1.67 bits per heavy atom. The molecule has 0 amide bonds. The Morgan fingerprint density at radius 3 is 3.11 bits per heavy atom. The fourth-order valence-corrected chi connectivity index (χ4v) is 1.70. The van der Waals surface area contributed by atoms with Crippen molar-refractivity contribution in [3.8, 4) is 0 Å². The maximum atomic E-state index is 4.33. The molecule has 0 bridgehead atoms. The lowest BCUT2D eigenvalue weighted by Crippen LogP contribution is -1.85. The second-order valence-corrected chi connectivity index (χ2v) is 3.25. The molecule has 1 radical (unpaired) electrons. The summed E-state index contributed by atoms with van der Waals surface area (Å²) in [5.74, 6) is 1.20. The number of nitrogens with zero attached hydrogens (tertiary/aromatic N) is 1. The van der Waals surface area contributed by atoms with Gasteiger partial charge in [-0.05, 0) is 12.8 Å². The number of rotatable bonds is 3. The van der Waals surface area contributed by atoms with E-state index in [1.165, 1.54) is 17.2 Å². The molecule has 0 fully saturated rings. The van der Waals surface area contributed by atoms with E-state index in [1.54, 1.807) is 0 Å². The average molecular weight is 142 g/mol. The van der Waals surface area contributed by atoms with Gasteiger partial charge in [-0.15, -0.1) is 11.8 Å². The topological polar surface area (TPSA) is 12.4 Å². The normalized spacial score (nSPS) is 18.1. The lowest BCUT2D eigenvalue weighted by molar-refractivity contribution is 0.896. The molecular weight excluding hydrogens is 130 g/mol. The summed E-state index contributed by atoms with van der Waals surface area (Å²) in [6.45, 7) is 4.82. The van der Waals surface area contributed by atoms with Gasteiger partial charge in [0, 0.05) is 12.3 Å². The van der Waals surface area contributed by atoms with Crippen molar-refractivity contribution in [2.75, 3.05) is 12.3 Å². The van der Waals surface area contributed by atoms with Gasteiger partial charge in [-0.3, -0.25) is 4.99 Å². The minimum Gasteiger partial charge on any atom is -0.282 e. The molecule has 0 aromatic heterocycles. The van der Waals surface area contributed by atoms with Gasteiger partial charge in [0.1, 0.15) is 0 Å². The van der Waals surface area contributed by atoms with Crippen molar-refractivity contribution in [2.24, 2.45) is 4.99 Å². The van der Waals surface area contributed by atoms with E-state index in [0.29, 0.717) is 0 Å². The van der Waals surface area contributed by atoms with Gasteiger partial charge >= 0.3 is 0 Å². The van der Waals surface area contributed by atoms with E-state index in [-0.39, 0.29) is 0 Å². The van der Waals surface area contributed by atoms with Crippen molar-refractivity contribution < 1.29 is 0 Å². The third-order valence-electron chi connectivity index (χ3n) is 1.29. The molecule has 0 spiro atoms. The van der Waals surface area contributed by atoms with Crippen LogP contribution in [0.2, 0.25) is 0 Å². The molecule has 9 heavy (non-hydrogen) atoms. The molecule has 0 unspecified atom stereocenters. The van der Waals surface area contributed by atoms with Crippen molar-refractivity contribution in [3.63, 3.8) is 0 Å². The van der Waals surface area contributed by atoms with Gasteiger partial charge in [0.05, 0.1) is 5.04 Å². The largest absolute Gasteiger partial charge is 0.282 e. The monoisotopic (exact) mass is 142 g/mol. The molecule has 0 N–H and O–H groups in total. The molecular formula is C7H12NS. The van der Waals surface area contributed by atoms with Crippen LogP contribution in [0.15, 0.2) is 4.99 Å². The standard InChI is InChI=1S/C7H12NS/c1-2-3-4-7-8-5-6-9-7/h1-6H2. The molecule has 1 aliphatic heterocycles. The van der Waals surface area contributed by atoms with Crippen molar-refractivity contribution >= 4 is 16.8 Å². The molecule has 0 saturated heterocycles. The van der Waals surface area contributed by atoms with Crippen molar-refractivity contribution in [2.45, 2.75) is 19.3 Å². The van der Waals surface area contributed by atoms with Gasteiger partial charge in [-0.25, -0.2) is 0 Å². The zero-order valence-electron chi connectivity index (χ0n) is 5.60. The van der Waals surface area contributed by atoms with E-state index < -0.39 is 0 Å².